The molecule has 1 unspecified atom stereocenters. The van der Waals surface area contributed by atoms with Gasteiger partial charge >= 0.3 is 17.8 Å². The molecular weight excluding hydrogens is 367 g/mol. The van der Waals surface area contributed by atoms with Crippen LogP contribution in [0.5, 0.6) is 0 Å². The lowest BCUT2D eigenvalue weighted by atomic mass is 9.95. The molecule has 1 atom stereocenters. The second kappa shape index (κ2) is 9.09. The molecule has 7 nitrogen and oxygen atoms in total. The van der Waals surface area contributed by atoms with Crippen molar-refractivity contribution >= 4 is 23.5 Å². The topological polar surface area (TPSA) is 93.7 Å². The van der Waals surface area contributed by atoms with Crippen LogP contribution in [-0.2, 0) is 24.7 Å². The number of carbonyl (C=O) groups excluding carboxylic acids is 3. The summed E-state index contributed by atoms with van der Waals surface area (Å²) in [5.74, 6) is -2.80. The van der Waals surface area contributed by atoms with Crippen LogP contribution in [0.4, 0.5) is 10.1 Å². The summed E-state index contributed by atoms with van der Waals surface area (Å²) in [6.07, 6.45) is 0. The highest BCUT2D eigenvalue weighted by molar-refractivity contribution is 6.39. The maximum absolute atomic E-state index is 14.1. The summed E-state index contributed by atoms with van der Waals surface area (Å²) >= 11 is 0. The smallest absolute Gasteiger partial charge is 0.337 e. The summed E-state index contributed by atoms with van der Waals surface area (Å²) in [4.78, 5) is 35.6. The van der Waals surface area contributed by atoms with Gasteiger partial charge in [-0.1, -0.05) is 18.2 Å². The normalized spacial score (nSPS) is 12.6. The molecule has 2 aromatic rings. The van der Waals surface area contributed by atoms with Crippen molar-refractivity contribution in [3.05, 3.63) is 65.5 Å². The van der Waals surface area contributed by atoms with E-state index >= 15 is 0 Å². The number of hydrogen-bond donors (Lipinski definition) is 2. The van der Waals surface area contributed by atoms with E-state index in [2.05, 4.69) is 15.4 Å². The molecule has 0 fully saturated rings. The lowest BCUT2D eigenvalue weighted by Gasteiger charge is -2.29. The van der Waals surface area contributed by atoms with Crippen molar-refractivity contribution in [3.8, 4) is 0 Å². The van der Waals surface area contributed by atoms with E-state index in [4.69, 9.17) is 4.74 Å². The van der Waals surface area contributed by atoms with E-state index in [0.717, 1.165) is 0 Å². The minimum absolute atomic E-state index is 0.113. The highest BCUT2D eigenvalue weighted by Gasteiger charge is 2.30. The summed E-state index contributed by atoms with van der Waals surface area (Å²) in [5.41, 5.74) is -0.248. The maximum atomic E-state index is 14.1. The van der Waals surface area contributed by atoms with E-state index in [1.807, 2.05) is 0 Å². The average Bonchev–Trinajstić information content (AvgIpc) is 2.72. The minimum atomic E-state index is -1.15. The number of esters is 1. The SMILES string of the molecule is COC(=O)c1ccc(NC(=O)C(=O)NCC(C)(OC)c2ccccc2F)cc1. The standard InChI is InChI=1S/C20H21FN2O5/c1-20(28-3,15-6-4-5-7-16(15)21)12-22-17(24)18(25)23-14-10-8-13(9-11-14)19(26)27-2/h4-11H,12H2,1-3H3,(H,22,24)(H,23,25). The molecule has 2 aromatic carbocycles. The summed E-state index contributed by atoms with van der Waals surface area (Å²) < 4.78 is 24.0. The molecule has 2 N–H and O–H groups in total. The van der Waals surface area contributed by atoms with Gasteiger partial charge in [0.05, 0.1) is 19.2 Å². The fraction of sp³-hybridized carbons (Fsp3) is 0.250. The second-order valence-corrected chi connectivity index (χ2v) is 6.12. The van der Waals surface area contributed by atoms with Crippen LogP contribution in [-0.4, -0.2) is 38.5 Å². The molecule has 0 aliphatic heterocycles. The molecule has 0 aromatic heterocycles. The summed E-state index contributed by atoms with van der Waals surface area (Å²) in [6.45, 7) is 1.49. The summed E-state index contributed by atoms with van der Waals surface area (Å²) in [6, 6.07) is 11.9. The van der Waals surface area contributed by atoms with Crippen molar-refractivity contribution in [2.24, 2.45) is 0 Å². The first kappa shape index (κ1) is 21.0. The van der Waals surface area contributed by atoms with Gasteiger partial charge in [-0.05, 0) is 37.3 Å². The lowest BCUT2D eigenvalue weighted by Crippen LogP contribution is -2.44. The van der Waals surface area contributed by atoms with E-state index in [-0.39, 0.29) is 12.1 Å². The van der Waals surface area contributed by atoms with Gasteiger partial charge in [0.2, 0.25) is 0 Å². The Labute approximate surface area is 161 Å². The fourth-order valence-corrected chi connectivity index (χ4v) is 2.49. The Balaban J connectivity index is 1.99. The number of carbonyl (C=O) groups is 3. The van der Waals surface area contributed by atoms with Gasteiger partial charge in [0.15, 0.2) is 0 Å². The number of rotatable bonds is 6. The number of methoxy groups -OCH3 is 2. The molecule has 2 amide bonds. The van der Waals surface area contributed by atoms with E-state index in [9.17, 15) is 18.8 Å². The number of anilines is 1. The monoisotopic (exact) mass is 388 g/mol. The summed E-state index contributed by atoms with van der Waals surface area (Å²) in [7, 11) is 2.65. The number of hydrogen-bond acceptors (Lipinski definition) is 5. The molecule has 0 aliphatic rings. The van der Waals surface area contributed by atoms with Gasteiger partial charge in [-0.25, -0.2) is 9.18 Å². The Morgan fingerprint density at radius 3 is 2.21 bits per heavy atom. The Bertz CT molecular complexity index is 869. The third kappa shape index (κ3) is 4.92. The molecule has 0 saturated carbocycles. The van der Waals surface area contributed by atoms with Crippen LogP contribution < -0.4 is 10.6 Å². The van der Waals surface area contributed by atoms with E-state index < -0.39 is 29.2 Å². The Morgan fingerprint density at radius 2 is 1.64 bits per heavy atom. The third-order valence-electron chi connectivity index (χ3n) is 4.25. The van der Waals surface area contributed by atoms with Crippen molar-refractivity contribution in [2.45, 2.75) is 12.5 Å². The van der Waals surface area contributed by atoms with Gasteiger partial charge in [0.25, 0.3) is 0 Å². The van der Waals surface area contributed by atoms with Gasteiger partial charge < -0.3 is 20.1 Å². The van der Waals surface area contributed by atoms with Gasteiger partial charge in [-0.2, -0.15) is 0 Å². The zero-order chi connectivity index (χ0) is 20.7. The Morgan fingerprint density at radius 1 is 1.00 bits per heavy atom. The molecule has 0 radical (unpaired) electrons. The van der Waals surface area contributed by atoms with Crippen LogP contribution in [0.15, 0.2) is 48.5 Å². The molecule has 0 bridgehead atoms. The molecule has 28 heavy (non-hydrogen) atoms. The van der Waals surface area contributed by atoms with Crippen molar-refractivity contribution in [3.63, 3.8) is 0 Å². The fourth-order valence-electron chi connectivity index (χ4n) is 2.49. The van der Waals surface area contributed by atoms with Crippen LogP contribution in [0.1, 0.15) is 22.8 Å². The Hall–Kier alpha value is -3.26. The lowest BCUT2D eigenvalue weighted by molar-refractivity contribution is -0.137. The molecule has 0 heterocycles. The predicted molar refractivity (Wildman–Crippen MR) is 100 cm³/mol. The van der Waals surface area contributed by atoms with Gasteiger partial charge in [-0.3, -0.25) is 9.59 Å². The van der Waals surface area contributed by atoms with Crippen LogP contribution in [0.25, 0.3) is 0 Å². The first-order valence-corrected chi connectivity index (χ1v) is 8.38. The molecule has 8 heteroatoms. The highest BCUT2D eigenvalue weighted by Crippen LogP contribution is 2.26. The van der Waals surface area contributed by atoms with Crippen molar-refractivity contribution in [1.29, 1.82) is 0 Å². The van der Waals surface area contributed by atoms with E-state index in [1.165, 1.54) is 44.6 Å². The molecule has 148 valence electrons. The van der Waals surface area contributed by atoms with Crippen LogP contribution in [0, 0.1) is 5.82 Å². The predicted octanol–water partition coefficient (Wildman–Crippen LogP) is 2.23. The van der Waals surface area contributed by atoms with Gasteiger partial charge in [-0.15, -0.1) is 0 Å². The van der Waals surface area contributed by atoms with Gasteiger partial charge in [0, 0.05) is 18.4 Å². The molecular formula is C20H21FN2O5. The number of amides is 2. The van der Waals surface area contributed by atoms with Gasteiger partial charge in [0.1, 0.15) is 11.4 Å². The first-order chi connectivity index (χ1) is 13.3. The zero-order valence-electron chi connectivity index (χ0n) is 15.7. The number of ether oxygens (including phenoxy) is 2. The number of benzene rings is 2. The first-order valence-electron chi connectivity index (χ1n) is 8.38. The van der Waals surface area contributed by atoms with E-state index in [0.29, 0.717) is 11.3 Å². The van der Waals surface area contributed by atoms with E-state index in [1.54, 1.807) is 25.1 Å². The largest absolute Gasteiger partial charge is 0.465 e. The maximum Gasteiger partial charge on any atom is 0.337 e. The van der Waals surface area contributed by atoms with Crippen LogP contribution in [0.2, 0.25) is 0 Å². The third-order valence-corrected chi connectivity index (χ3v) is 4.25. The van der Waals surface area contributed by atoms with Crippen LogP contribution in [0.3, 0.4) is 0 Å². The number of nitrogens with one attached hydrogen (secondary N) is 2. The quantitative estimate of drug-likeness (QED) is 0.585. The van der Waals surface area contributed by atoms with Crippen LogP contribution >= 0.6 is 0 Å². The molecule has 0 saturated heterocycles. The molecule has 2 rings (SSSR count). The van der Waals surface area contributed by atoms with Crippen molar-refractivity contribution < 1.29 is 28.2 Å². The average molecular weight is 388 g/mol. The van der Waals surface area contributed by atoms with Crippen molar-refractivity contribution in [1.82, 2.24) is 5.32 Å². The van der Waals surface area contributed by atoms with Crippen molar-refractivity contribution in [2.75, 3.05) is 26.1 Å². The summed E-state index contributed by atoms with van der Waals surface area (Å²) in [5, 5.41) is 4.86. The second-order valence-electron chi connectivity index (χ2n) is 6.12. The zero-order valence-corrected chi connectivity index (χ0v) is 15.7. The number of halogens is 1. The highest BCUT2D eigenvalue weighted by atomic mass is 19.1. The Kier molecular flexibility index (Phi) is 6.84. The molecule has 0 aliphatic carbocycles. The minimum Gasteiger partial charge on any atom is -0.465 e. The molecule has 0 spiro atoms.